The average molecular weight is 244 g/mol. The quantitative estimate of drug-likeness (QED) is 0.874. The summed E-state index contributed by atoms with van der Waals surface area (Å²) in [5.74, 6) is -0.149. The van der Waals surface area contributed by atoms with Gasteiger partial charge in [-0.05, 0) is 30.3 Å². The molecule has 0 aliphatic heterocycles. The number of rotatable bonds is 5. The minimum Gasteiger partial charge on any atom is -0.313 e. The highest BCUT2D eigenvalue weighted by Crippen LogP contribution is 2.13. The van der Waals surface area contributed by atoms with Crippen LogP contribution in [0.2, 0.25) is 0 Å². The highest BCUT2D eigenvalue weighted by atomic mass is 19.1. The summed E-state index contributed by atoms with van der Waals surface area (Å²) in [5, 5.41) is 3.12. The third-order valence-electron chi connectivity index (χ3n) is 2.79. The normalized spacial score (nSPS) is 10.6. The van der Waals surface area contributed by atoms with Crippen LogP contribution in [0.25, 0.3) is 0 Å². The molecule has 1 aromatic carbocycles. The van der Waals surface area contributed by atoms with Gasteiger partial charge in [-0.1, -0.05) is 25.1 Å². The molecule has 0 spiro atoms. The molecule has 18 heavy (non-hydrogen) atoms. The van der Waals surface area contributed by atoms with E-state index in [1.807, 2.05) is 37.3 Å². The lowest BCUT2D eigenvalue weighted by Gasteiger charge is -2.06. The number of hydrogen-bond acceptors (Lipinski definition) is 2. The fourth-order valence-corrected chi connectivity index (χ4v) is 1.82. The molecule has 0 unspecified atom stereocenters. The standard InChI is InChI=1S/C15H17FN2/c1-2-17-11-13-7-6-12(10-15(13)16)9-14-5-3-4-8-18-14/h3-8,10,17H,2,9,11H2,1H3. The molecule has 2 nitrogen and oxygen atoms in total. The van der Waals surface area contributed by atoms with E-state index < -0.39 is 0 Å². The van der Waals surface area contributed by atoms with Crippen molar-refractivity contribution >= 4 is 0 Å². The van der Waals surface area contributed by atoms with E-state index in [0.29, 0.717) is 18.5 Å². The van der Waals surface area contributed by atoms with Crippen molar-refractivity contribution in [3.05, 3.63) is 65.2 Å². The van der Waals surface area contributed by atoms with E-state index in [2.05, 4.69) is 10.3 Å². The van der Waals surface area contributed by atoms with Crippen LogP contribution >= 0.6 is 0 Å². The van der Waals surface area contributed by atoms with Crippen molar-refractivity contribution in [2.24, 2.45) is 0 Å². The van der Waals surface area contributed by atoms with Crippen molar-refractivity contribution in [3.8, 4) is 0 Å². The summed E-state index contributed by atoms with van der Waals surface area (Å²) in [7, 11) is 0. The van der Waals surface area contributed by atoms with Crippen LogP contribution in [0.3, 0.4) is 0 Å². The van der Waals surface area contributed by atoms with E-state index in [4.69, 9.17) is 0 Å². The van der Waals surface area contributed by atoms with Crippen LogP contribution in [0, 0.1) is 5.82 Å². The summed E-state index contributed by atoms with van der Waals surface area (Å²) in [5.41, 5.74) is 2.62. The van der Waals surface area contributed by atoms with Gasteiger partial charge in [0.1, 0.15) is 5.82 Å². The Kier molecular flexibility index (Phi) is 4.42. The number of pyridine rings is 1. The van der Waals surface area contributed by atoms with Gasteiger partial charge >= 0.3 is 0 Å². The van der Waals surface area contributed by atoms with Gasteiger partial charge in [0, 0.05) is 30.4 Å². The minimum atomic E-state index is -0.149. The Morgan fingerprint density at radius 1 is 1.22 bits per heavy atom. The first kappa shape index (κ1) is 12.7. The highest BCUT2D eigenvalue weighted by Gasteiger charge is 2.04. The van der Waals surface area contributed by atoms with Crippen LogP contribution < -0.4 is 5.32 Å². The first-order chi connectivity index (χ1) is 8.79. The Balaban J connectivity index is 2.09. The van der Waals surface area contributed by atoms with Crippen LogP contribution in [0.4, 0.5) is 4.39 Å². The molecule has 1 heterocycles. The lowest BCUT2D eigenvalue weighted by atomic mass is 10.1. The Hall–Kier alpha value is -1.74. The Morgan fingerprint density at radius 2 is 2.11 bits per heavy atom. The monoisotopic (exact) mass is 244 g/mol. The number of nitrogens with zero attached hydrogens (tertiary/aromatic N) is 1. The van der Waals surface area contributed by atoms with Crippen LogP contribution in [0.1, 0.15) is 23.7 Å². The number of aromatic nitrogens is 1. The smallest absolute Gasteiger partial charge is 0.127 e. The maximum absolute atomic E-state index is 13.8. The van der Waals surface area contributed by atoms with E-state index in [0.717, 1.165) is 17.8 Å². The van der Waals surface area contributed by atoms with Gasteiger partial charge in [0.25, 0.3) is 0 Å². The molecular formula is C15H17FN2. The Morgan fingerprint density at radius 3 is 2.78 bits per heavy atom. The van der Waals surface area contributed by atoms with Gasteiger partial charge in [-0.3, -0.25) is 4.98 Å². The molecule has 0 bridgehead atoms. The minimum absolute atomic E-state index is 0.149. The van der Waals surface area contributed by atoms with Crippen LogP contribution in [-0.4, -0.2) is 11.5 Å². The van der Waals surface area contributed by atoms with Crippen LogP contribution in [0.5, 0.6) is 0 Å². The second-order valence-electron chi connectivity index (χ2n) is 4.20. The second-order valence-corrected chi connectivity index (χ2v) is 4.20. The van der Waals surface area contributed by atoms with Crippen molar-refractivity contribution < 1.29 is 4.39 Å². The lowest BCUT2D eigenvalue weighted by molar-refractivity contribution is 0.591. The summed E-state index contributed by atoms with van der Waals surface area (Å²) >= 11 is 0. The van der Waals surface area contributed by atoms with E-state index in [1.165, 1.54) is 0 Å². The topological polar surface area (TPSA) is 24.9 Å². The third-order valence-corrected chi connectivity index (χ3v) is 2.79. The van der Waals surface area contributed by atoms with Crippen LogP contribution in [-0.2, 0) is 13.0 Å². The van der Waals surface area contributed by atoms with Crippen LogP contribution in [0.15, 0.2) is 42.6 Å². The molecule has 1 aromatic heterocycles. The highest BCUT2D eigenvalue weighted by molar-refractivity contribution is 5.27. The largest absolute Gasteiger partial charge is 0.313 e. The second kappa shape index (κ2) is 6.26. The lowest BCUT2D eigenvalue weighted by Crippen LogP contribution is -2.13. The van der Waals surface area contributed by atoms with Crippen molar-refractivity contribution in [1.82, 2.24) is 10.3 Å². The number of benzene rings is 1. The molecule has 0 aliphatic carbocycles. The van der Waals surface area contributed by atoms with Gasteiger partial charge < -0.3 is 5.32 Å². The molecule has 1 N–H and O–H groups in total. The number of nitrogens with one attached hydrogen (secondary N) is 1. The van der Waals surface area contributed by atoms with E-state index in [-0.39, 0.29) is 5.82 Å². The predicted molar refractivity (Wildman–Crippen MR) is 70.8 cm³/mol. The SMILES string of the molecule is CCNCc1ccc(Cc2ccccn2)cc1F. The predicted octanol–water partition coefficient (Wildman–Crippen LogP) is 2.92. The molecule has 2 aromatic rings. The zero-order valence-corrected chi connectivity index (χ0v) is 10.5. The molecular weight excluding hydrogens is 227 g/mol. The summed E-state index contributed by atoms with van der Waals surface area (Å²) in [6.07, 6.45) is 2.42. The van der Waals surface area contributed by atoms with Gasteiger partial charge in [-0.15, -0.1) is 0 Å². The molecule has 94 valence electrons. The summed E-state index contributed by atoms with van der Waals surface area (Å²) in [4.78, 5) is 4.24. The van der Waals surface area contributed by atoms with Crippen molar-refractivity contribution in [2.75, 3.05) is 6.54 Å². The first-order valence-corrected chi connectivity index (χ1v) is 6.17. The zero-order valence-electron chi connectivity index (χ0n) is 10.5. The first-order valence-electron chi connectivity index (χ1n) is 6.17. The molecule has 0 saturated carbocycles. The van der Waals surface area contributed by atoms with Gasteiger partial charge in [0.2, 0.25) is 0 Å². The fourth-order valence-electron chi connectivity index (χ4n) is 1.82. The molecule has 0 atom stereocenters. The maximum atomic E-state index is 13.8. The molecule has 0 amide bonds. The van der Waals surface area contributed by atoms with Gasteiger partial charge in [-0.2, -0.15) is 0 Å². The van der Waals surface area contributed by atoms with Crippen molar-refractivity contribution in [3.63, 3.8) is 0 Å². The van der Waals surface area contributed by atoms with Gasteiger partial charge in [-0.25, -0.2) is 4.39 Å². The van der Waals surface area contributed by atoms with Crippen molar-refractivity contribution in [1.29, 1.82) is 0 Å². The summed E-state index contributed by atoms with van der Waals surface area (Å²) < 4.78 is 13.8. The number of halogens is 1. The molecule has 3 heteroatoms. The summed E-state index contributed by atoms with van der Waals surface area (Å²) in [6.45, 7) is 3.43. The Labute approximate surface area is 107 Å². The van der Waals surface area contributed by atoms with E-state index >= 15 is 0 Å². The van der Waals surface area contributed by atoms with Crippen molar-refractivity contribution in [2.45, 2.75) is 19.9 Å². The van der Waals surface area contributed by atoms with E-state index in [9.17, 15) is 4.39 Å². The molecule has 0 saturated heterocycles. The summed E-state index contributed by atoms with van der Waals surface area (Å²) in [6, 6.07) is 11.2. The third kappa shape index (κ3) is 3.37. The molecule has 2 rings (SSSR count). The molecule has 0 radical (unpaired) electrons. The molecule has 0 aliphatic rings. The molecule has 0 fully saturated rings. The van der Waals surface area contributed by atoms with E-state index in [1.54, 1.807) is 12.3 Å². The maximum Gasteiger partial charge on any atom is 0.127 e. The van der Waals surface area contributed by atoms with Gasteiger partial charge in [0.15, 0.2) is 0 Å². The Bertz CT molecular complexity index is 497. The average Bonchev–Trinajstić information content (AvgIpc) is 2.39. The number of hydrogen-bond donors (Lipinski definition) is 1. The zero-order chi connectivity index (χ0) is 12.8. The fraction of sp³-hybridized carbons (Fsp3) is 0.267. The van der Waals surface area contributed by atoms with Gasteiger partial charge in [0.05, 0.1) is 0 Å².